The monoisotopic (exact) mass is 2110 g/mol. The zero-order valence-corrected chi connectivity index (χ0v) is 106. The fourth-order valence-electron chi connectivity index (χ4n) is 26.1. The lowest BCUT2D eigenvalue weighted by atomic mass is 9.51. The topological polar surface area (TPSA) is 275 Å². The number of ether oxygens (including phenoxy) is 6. The molecule has 0 amide bonds. The van der Waals surface area contributed by atoms with Gasteiger partial charge in [-0.15, -0.1) is 0 Å². The van der Waals surface area contributed by atoms with Crippen LogP contribution < -0.4 is 10.4 Å². The van der Waals surface area contributed by atoms with Gasteiger partial charge in [0.2, 0.25) is 5.79 Å². The Morgan fingerprint density at radius 1 is 0.469 bits per heavy atom. The lowest BCUT2D eigenvalue weighted by Crippen LogP contribution is -2.69. The van der Waals surface area contributed by atoms with Crippen molar-refractivity contribution in [1.82, 2.24) is 4.98 Å². The number of aldehydes is 1. The van der Waals surface area contributed by atoms with Crippen molar-refractivity contribution < 1.29 is 88.9 Å². The molecule has 0 spiro atoms. The molecule has 1 saturated heterocycles. The quantitative estimate of drug-likeness (QED) is 0.0415. The van der Waals surface area contributed by atoms with Crippen molar-refractivity contribution in [2.75, 3.05) is 7.11 Å². The second-order valence-electron chi connectivity index (χ2n) is 57.7. The molecular weight excluding hydrogens is 1910 g/mol. The second kappa shape index (κ2) is 44.2. The second-order valence-corrected chi connectivity index (χ2v) is 76.7. The van der Waals surface area contributed by atoms with Gasteiger partial charge in [-0.3, -0.25) is 33.8 Å². The normalized spacial score (nSPS) is 29.8. The van der Waals surface area contributed by atoms with Gasteiger partial charge in [0.15, 0.2) is 67.8 Å². The molecule has 0 bridgehead atoms. The fourth-order valence-corrected chi connectivity index (χ4v) is 31.5. The summed E-state index contributed by atoms with van der Waals surface area (Å²) < 4.78 is 68.0. The van der Waals surface area contributed by atoms with Crippen molar-refractivity contribution >= 4 is 80.4 Å². The number of carbonyl (C=O) groups excluding carboxylic acids is 8. The first kappa shape index (κ1) is 128. The SMILES string of the molecule is CC(C)[C@@H]1C[C@@H]2O[C@]2(C)C(=O)C1(C)C.CC(C)[C@@H]1C[C@H](O[Si](C)(C)C(C)(C)C)[C@@]2(C)Oc3cc(-c4cccnc4)oc(=O)c3C(=O)[C@@H]2C1(C)C.CC1=C(C(=O)C2=C(C)[C@@H](O[Si](C)(C)C(C)(C)C)C[C@@H](C(C)C)C2(C)C)C(=O)OC(C)(C)O1.CC1=C(C=O)C(C)(C)[C@H](C(C)C)C[C@@H]1O[Si](C)(C)C(C)(C)C.CC1=CC[C@@H](C(C)C)C(C)(C)C1=O.COC(=O)C1=C(C)O[C@]2(C)[C@@H](O[Si](C)(C)C(C)(C)C)C[C@@H](C(C)C)C(C)(C)[C@H]2C1=O. The molecule has 10 aliphatic rings. The summed E-state index contributed by atoms with van der Waals surface area (Å²) >= 11 is 0. The summed E-state index contributed by atoms with van der Waals surface area (Å²) in [7, 11) is -6.91. The Hall–Kier alpha value is -6.17. The number of Topliss-reactive ketones (excluding diaryl/α,β-unsaturated/α-hetero) is 5. The third-order valence-corrected chi connectivity index (χ3v) is 56.5. The largest absolute Gasteiger partial charge is 0.488 e. The van der Waals surface area contributed by atoms with Crippen LogP contribution in [-0.2, 0) is 75.0 Å². The summed E-state index contributed by atoms with van der Waals surface area (Å²) in [5.74, 6) is 2.81. The molecule has 2 aromatic heterocycles. The molecule has 12 rings (SSSR count). The highest BCUT2D eigenvalue weighted by Crippen LogP contribution is 2.64. The van der Waals surface area contributed by atoms with Gasteiger partial charge in [0.05, 0.1) is 49.5 Å². The molecule has 832 valence electrons. The minimum Gasteiger partial charge on any atom is -0.488 e. The van der Waals surface area contributed by atoms with Crippen LogP contribution in [0.15, 0.2) is 96.4 Å². The molecule has 6 heterocycles. The Labute approximate surface area is 894 Å². The van der Waals surface area contributed by atoms with Crippen molar-refractivity contribution in [3.63, 3.8) is 0 Å². The van der Waals surface area contributed by atoms with Crippen LogP contribution in [0.4, 0.5) is 0 Å². The Kier molecular flexibility index (Phi) is 38.4. The van der Waals surface area contributed by atoms with E-state index in [1.54, 1.807) is 52.2 Å². The number of allylic oxidation sites excluding steroid dienone is 6. The third kappa shape index (κ3) is 25.6. The Morgan fingerprint density at radius 3 is 1.27 bits per heavy atom. The number of cyclic esters (lactones) is 1. The number of carbonyl (C=O) groups is 8. The number of hydrogen-bond donors (Lipinski definition) is 0. The first-order valence-electron chi connectivity index (χ1n) is 55.1. The molecule has 3 saturated carbocycles. The van der Waals surface area contributed by atoms with Crippen molar-refractivity contribution in [3.05, 3.63) is 103 Å². The van der Waals surface area contributed by atoms with Crippen LogP contribution in [0.1, 0.15) is 367 Å². The lowest BCUT2D eigenvalue weighted by Gasteiger charge is -2.60. The predicted octanol–water partition coefficient (Wildman–Crippen LogP) is 30.0. The molecule has 0 aromatic carbocycles. The van der Waals surface area contributed by atoms with Gasteiger partial charge in [-0.2, -0.15) is 0 Å². The maximum atomic E-state index is 14.2. The van der Waals surface area contributed by atoms with Crippen molar-refractivity contribution in [2.24, 2.45) is 115 Å². The number of nitrogens with zero attached hydrogens (tertiary/aromatic N) is 1. The van der Waals surface area contributed by atoms with E-state index in [-0.39, 0.29) is 130 Å². The van der Waals surface area contributed by atoms with E-state index in [2.05, 4.69) is 320 Å². The van der Waals surface area contributed by atoms with Crippen LogP contribution in [0.3, 0.4) is 0 Å². The molecule has 21 nitrogen and oxygen atoms in total. The van der Waals surface area contributed by atoms with Crippen LogP contribution in [0.25, 0.3) is 11.3 Å². The highest BCUT2D eigenvalue weighted by molar-refractivity contribution is 6.75. The molecule has 16 atom stereocenters. The highest BCUT2D eigenvalue weighted by Gasteiger charge is 2.70. The molecular formula is C122H203NO20Si4. The van der Waals surface area contributed by atoms with Crippen molar-refractivity contribution in [3.8, 4) is 17.1 Å². The number of fused-ring (bicyclic) bond motifs is 4. The van der Waals surface area contributed by atoms with Crippen LogP contribution in [-0.4, -0.2) is 146 Å². The van der Waals surface area contributed by atoms with E-state index < -0.39 is 96.1 Å². The number of aromatic nitrogens is 1. The van der Waals surface area contributed by atoms with Crippen molar-refractivity contribution in [1.29, 1.82) is 0 Å². The maximum absolute atomic E-state index is 14.2. The fraction of sp³-hybridized carbons (Fsp3) is 0.770. The number of esters is 2. The average Bonchev–Trinajstić information content (AvgIpc) is 1.70. The summed E-state index contributed by atoms with van der Waals surface area (Å²) in [4.78, 5) is 120. The average molecular weight is 2120 g/mol. The summed E-state index contributed by atoms with van der Waals surface area (Å²) in [6.45, 7) is 116. The molecule has 0 N–H and O–H groups in total. The third-order valence-electron chi connectivity index (χ3n) is 38.6. The van der Waals surface area contributed by atoms with E-state index in [9.17, 15) is 43.2 Å². The number of methoxy groups -OCH3 is 1. The molecule has 147 heavy (non-hydrogen) atoms. The smallest absolute Gasteiger partial charge is 0.351 e. The van der Waals surface area contributed by atoms with Crippen LogP contribution >= 0.6 is 0 Å². The standard InChI is InChI=1S/C29H41NO5Si.C26H44O5Si.C24H42O5Si.C19H36O2Si.C12H20O2.C12H20O/c1-17(2)19-14-22(35-36(9,10)27(3,4)5)29(8)25(28(19,6)7)24(31)23-21(34-29)15-20(33-26(23)32)18-12-11-13-30-16-18;1-15(2)18-14-19(31-32(12,13)24(5,6)7)16(3)21(25(18,8)9)22(27)20-17(4)29-26(10,11)30-23(20)28;1-14(2)16-13-17(29-30(11,12)22(4,5)6)24(9)20(23(16,7)8)19(25)18(15(3)28-24)21(26)27-10;1-13(2)15-11-17(21-22(9,10)18(4,5)6)14(3)16(12-20)19(15,7)8;1-7(2)8-6-9-12(5,14-9)10(13)11(8,3)4;1-8(2)10-7-6-9(3)11(13)12(10,4)5/h11-13,15-17,19,22,25H,14H2,1-10H3;15,18-19H,14H2,1-13H3;14,16-17,20H,13H2,1-12H3;12-13,15,17H,11H2,1-10H3;7-9H,6H2,1-5H3;6,8,10H,7H2,1-5H3/t19-,22-,25+,29+;18-,19-;16-,17-,20+,24+;15-,17-;8-,9-,12-;10-/m000000/s1. The number of pyridine rings is 1. The summed E-state index contributed by atoms with van der Waals surface area (Å²) in [5.41, 5.74) is 0.907. The van der Waals surface area contributed by atoms with E-state index >= 15 is 0 Å². The highest BCUT2D eigenvalue weighted by atomic mass is 28.4. The summed E-state index contributed by atoms with van der Waals surface area (Å²) in [5, 5.41) is 0.294. The number of ketones is 5. The maximum Gasteiger partial charge on any atom is 0.351 e. The van der Waals surface area contributed by atoms with E-state index in [1.165, 1.54) is 7.11 Å². The van der Waals surface area contributed by atoms with Gasteiger partial charge in [0.25, 0.3) is 0 Å². The number of epoxide rings is 1. The molecule has 25 heteroatoms. The predicted molar refractivity (Wildman–Crippen MR) is 604 cm³/mol. The Bertz CT molecular complexity index is 5390. The van der Waals surface area contributed by atoms with Crippen LogP contribution in [0.2, 0.25) is 72.5 Å². The molecule has 6 aliphatic carbocycles. The Morgan fingerprint density at radius 2 is 0.871 bits per heavy atom. The summed E-state index contributed by atoms with van der Waals surface area (Å²) in [6, 6.07) is 5.25. The first-order chi connectivity index (χ1) is 66.1. The van der Waals surface area contributed by atoms with Gasteiger partial charge < -0.3 is 50.5 Å². The zero-order valence-electron chi connectivity index (χ0n) is 102. The van der Waals surface area contributed by atoms with Crippen LogP contribution in [0, 0.1) is 115 Å². The minimum absolute atomic E-state index is 0.00207. The lowest BCUT2D eigenvalue weighted by molar-refractivity contribution is -0.207. The van der Waals surface area contributed by atoms with Gasteiger partial charge in [-0.25, -0.2) is 14.4 Å². The van der Waals surface area contributed by atoms with E-state index in [1.807, 2.05) is 40.7 Å². The molecule has 2 aromatic rings. The van der Waals surface area contributed by atoms with Crippen LogP contribution in [0.5, 0.6) is 5.75 Å². The zero-order chi connectivity index (χ0) is 114. The molecule has 4 fully saturated rings. The first-order valence-corrected chi connectivity index (χ1v) is 66.8. The Balaban J connectivity index is 0.000000247. The van der Waals surface area contributed by atoms with E-state index in [4.69, 9.17) is 50.5 Å². The molecule has 0 radical (unpaired) electrons. The number of rotatable bonds is 19. The molecule has 0 unspecified atom stereocenters. The van der Waals surface area contributed by atoms with Crippen molar-refractivity contribution in [2.45, 2.75) is 483 Å². The van der Waals surface area contributed by atoms with Gasteiger partial charge in [-0.05, 0) is 294 Å². The minimum atomic E-state index is -2.19. The van der Waals surface area contributed by atoms with Gasteiger partial charge in [0, 0.05) is 54.3 Å². The van der Waals surface area contributed by atoms with Gasteiger partial charge in [0.1, 0.15) is 57.2 Å². The van der Waals surface area contributed by atoms with E-state index in [0.29, 0.717) is 93.2 Å². The van der Waals surface area contributed by atoms with Gasteiger partial charge in [-0.1, -0.05) is 255 Å². The van der Waals surface area contributed by atoms with Gasteiger partial charge >= 0.3 is 17.6 Å². The molecule has 4 aliphatic heterocycles. The number of hydrogen-bond acceptors (Lipinski definition) is 21. The summed E-state index contributed by atoms with van der Waals surface area (Å²) in [6.07, 6.45) is 11.7. The van der Waals surface area contributed by atoms with E-state index in [0.717, 1.165) is 67.1 Å².